The van der Waals surface area contributed by atoms with Crippen LogP contribution in [-0.2, 0) is 12.1 Å². The molecule has 1 aliphatic carbocycles. The molecule has 2 atom stereocenters. The first kappa shape index (κ1) is 9.71. The highest BCUT2D eigenvalue weighted by atomic mass is 15.1. The van der Waals surface area contributed by atoms with Crippen molar-refractivity contribution in [3.8, 4) is 0 Å². The molecule has 1 heterocycles. The van der Waals surface area contributed by atoms with E-state index in [4.69, 9.17) is 5.73 Å². The Hall–Kier alpha value is -0.830. The highest BCUT2D eigenvalue weighted by Gasteiger charge is 2.33. The Morgan fingerprint density at radius 2 is 2.29 bits per heavy atom. The standard InChI is InChI=1S/C11H19N3/c1-8-4-9(8)6-14-7-13-5-10(14)11(2,3)12/h5,7-9H,4,6,12H2,1-3H3. The van der Waals surface area contributed by atoms with Crippen molar-refractivity contribution >= 4 is 0 Å². The van der Waals surface area contributed by atoms with Gasteiger partial charge in [-0.15, -0.1) is 0 Å². The van der Waals surface area contributed by atoms with Gasteiger partial charge in [0.15, 0.2) is 0 Å². The topological polar surface area (TPSA) is 43.8 Å². The average molecular weight is 193 g/mol. The van der Waals surface area contributed by atoms with Gasteiger partial charge in [0.2, 0.25) is 0 Å². The molecule has 0 aromatic carbocycles. The van der Waals surface area contributed by atoms with Crippen molar-refractivity contribution < 1.29 is 0 Å². The largest absolute Gasteiger partial charge is 0.333 e. The summed E-state index contributed by atoms with van der Waals surface area (Å²) in [6, 6.07) is 0. The Kier molecular flexibility index (Phi) is 2.14. The predicted molar refractivity (Wildman–Crippen MR) is 56.7 cm³/mol. The minimum atomic E-state index is -0.283. The zero-order valence-electron chi connectivity index (χ0n) is 9.20. The molecular formula is C11H19N3. The van der Waals surface area contributed by atoms with Crippen molar-refractivity contribution in [1.82, 2.24) is 9.55 Å². The molecule has 2 N–H and O–H groups in total. The third-order valence-corrected chi connectivity index (χ3v) is 3.08. The summed E-state index contributed by atoms with van der Waals surface area (Å²) in [5.74, 6) is 1.72. The van der Waals surface area contributed by atoms with Crippen LogP contribution in [0.3, 0.4) is 0 Å². The number of hydrogen-bond donors (Lipinski definition) is 1. The van der Waals surface area contributed by atoms with E-state index >= 15 is 0 Å². The Balaban J connectivity index is 2.13. The fourth-order valence-corrected chi connectivity index (χ4v) is 1.91. The van der Waals surface area contributed by atoms with E-state index in [-0.39, 0.29) is 5.54 Å². The van der Waals surface area contributed by atoms with Crippen LogP contribution in [0.4, 0.5) is 0 Å². The molecule has 0 aliphatic heterocycles. The SMILES string of the molecule is CC1CC1Cn1cncc1C(C)(C)N. The van der Waals surface area contributed by atoms with Gasteiger partial charge in [-0.3, -0.25) is 0 Å². The first-order chi connectivity index (χ1) is 6.48. The Morgan fingerprint density at radius 1 is 1.64 bits per heavy atom. The van der Waals surface area contributed by atoms with Crippen LogP contribution in [0.2, 0.25) is 0 Å². The Labute approximate surface area is 85.3 Å². The lowest BCUT2D eigenvalue weighted by molar-refractivity contribution is 0.473. The van der Waals surface area contributed by atoms with Crippen LogP contribution in [-0.4, -0.2) is 9.55 Å². The van der Waals surface area contributed by atoms with Crippen LogP contribution < -0.4 is 5.73 Å². The van der Waals surface area contributed by atoms with Gasteiger partial charge < -0.3 is 10.3 Å². The Bertz CT molecular complexity index is 322. The van der Waals surface area contributed by atoms with Crippen molar-refractivity contribution in [1.29, 1.82) is 0 Å². The lowest BCUT2D eigenvalue weighted by Gasteiger charge is -2.20. The van der Waals surface area contributed by atoms with Crippen LogP contribution in [0.5, 0.6) is 0 Å². The summed E-state index contributed by atoms with van der Waals surface area (Å²) in [4.78, 5) is 4.18. The van der Waals surface area contributed by atoms with Gasteiger partial charge in [-0.1, -0.05) is 6.92 Å². The smallest absolute Gasteiger partial charge is 0.0948 e. The van der Waals surface area contributed by atoms with Gasteiger partial charge in [0.05, 0.1) is 17.6 Å². The third-order valence-electron chi connectivity index (χ3n) is 3.08. The monoisotopic (exact) mass is 193 g/mol. The van der Waals surface area contributed by atoms with Crippen molar-refractivity contribution in [2.75, 3.05) is 0 Å². The van der Waals surface area contributed by atoms with Gasteiger partial charge in [-0.05, 0) is 32.1 Å². The summed E-state index contributed by atoms with van der Waals surface area (Å²) in [5, 5.41) is 0. The fraction of sp³-hybridized carbons (Fsp3) is 0.727. The summed E-state index contributed by atoms with van der Waals surface area (Å²) < 4.78 is 2.20. The molecule has 2 rings (SSSR count). The molecule has 1 saturated carbocycles. The van der Waals surface area contributed by atoms with E-state index in [1.54, 1.807) is 0 Å². The van der Waals surface area contributed by atoms with Gasteiger partial charge in [-0.2, -0.15) is 0 Å². The van der Waals surface area contributed by atoms with E-state index in [0.717, 1.165) is 24.1 Å². The summed E-state index contributed by atoms with van der Waals surface area (Å²) in [7, 11) is 0. The maximum atomic E-state index is 6.07. The summed E-state index contributed by atoms with van der Waals surface area (Å²) in [6.45, 7) is 7.43. The van der Waals surface area contributed by atoms with E-state index in [0.29, 0.717) is 0 Å². The fourth-order valence-electron chi connectivity index (χ4n) is 1.91. The number of nitrogens with zero attached hydrogens (tertiary/aromatic N) is 2. The van der Waals surface area contributed by atoms with Crippen molar-refractivity contribution in [2.45, 2.75) is 39.3 Å². The number of aromatic nitrogens is 2. The summed E-state index contributed by atoms with van der Waals surface area (Å²) >= 11 is 0. The minimum Gasteiger partial charge on any atom is -0.333 e. The molecule has 1 aromatic rings. The molecule has 2 unspecified atom stereocenters. The maximum Gasteiger partial charge on any atom is 0.0948 e. The van der Waals surface area contributed by atoms with Crippen molar-refractivity contribution in [3.63, 3.8) is 0 Å². The number of imidazole rings is 1. The molecule has 3 heteroatoms. The zero-order valence-corrected chi connectivity index (χ0v) is 9.20. The molecule has 0 amide bonds. The summed E-state index contributed by atoms with van der Waals surface area (Å²) in [5.41, 5.74) is 6.92. The van der Waals surface area contributed by atoms with Crippen LogP contribution >= 0.6 is 0 Å². The highest BCUT2D eigenvalue weighted by Crippen LogP contribution is 2.39. The number of hydrogen-bond acceptors (Lipinski definition) is 2. The normalized spacial score (nSPS) is 26.6. The van der Waals surface area contributed by atoms with Gasteiger partial charge in [-0.25, -0.2) is 4.98 Å². The molecule has 1 fully saturated rings. The van der Waals surface area contributed by atoms with E-state index in [1.807, 2.05) is 26.4 Å². The first-order valence-corrected chi connectivity index (χ1v) is 5.28. The van der Waals surface area contributed by atoms with Crippen molar-refractivity contribution in [3.05, 3.63) is 18.2 Å². The van der Waals surface area contributed by atoms with Gasteiger partial charge in [0.1, 0.15) is 0 Å². The van der Waals surface area contributed by atoms with E-state index in [1.165, 1.54) is 6.42 Å². The third kappa shape index (κ3) is 1.82. The molecule has 0 spiro atoms. The van der Waals surface area contributed by atoms with Gasteiger partial charge in [0, 0.05) is 12.7 Å². The summed E-state index contributed by atoms with van der Waals surface area (Å²) in [6.07, 6.45) is 5.13. The minimum absolute atomic E-state index is 0.283. The van der Waals surface area contributed by atoms with Crippen molar-refractivity contribution in [2.24, 2.45) is 17.6 Å². The van der Waals surface area contributed by atoms with Gasteiger partial charge in [0.25, 0.3) is 0 Å². The average Bonchev–Trinajstić information content (AvgIpc) is 2.61. The maximum absolute atomic E-state index is 6.07. The second kappa shape index (κ2) is 3.09. The lowest BCUT2D eigenvalue weighted by Crippen LogP contribution is -2.31. The molecule has 78 valence electrons. The molecule has 0 saturated heterocycles. The van der Waals surface area contributed by atoms with Crippen LogP contribution in [0.15, 0.2) is 12.5 Å². The second-order valence-corrected chi connectivity index (χ2v) is 5.13. The predicted octanol–water partition coefficient (Wildman–Crippen LogP) is 1.73. The Morgan fingerprint density at radius 3 is 2.79 bits per heavy atom. The molecule has 0 bridgehead atoms. The number of nitrogens with two attached hydrogens (primary N) is 1. The van der Waals surface area contributed by atoms with Crippen LogP contribution in [0.25, 0.3) is 0 Å². The van der Waals surface area contributed by atoms with E-state index in [2.05, 4.69) is 16.5 Å². The molecule has 14 heavy (non-hydrogen) atoms. The van der Waals surface area contributed by atoms with Gasteiger partial charge >= 0.3 is 0 Å². The van der Waals surface area contributed by atoms with Crippen LogP contribution in [0, 0.1) is 11.8 Å². The second-order valence-electron chi connectivity index (χ2n) is 5.13. The highest BCUT2D eigenvalue weighted by molar-refractivity contribution is 5.10. The molecular weight excluding hydrogens is 174 g/mol. The van der Waals surface area contributed by atoms with Crippen LogP contribution in [0.1, 0.15) is 32.9 Å². The quantitative estimate of drug-likeness (QED) is 0.794. The molecule has 0 radical (unpaired) electrons. The zero-order chi connectivity index (χ0) is 10.3. The van der Waals surface area contributed by atoms with E-state index < -0.39 is 0 Å². The molecule has 3 nitrogen and oxygen atoms in total. The first-order valence-electron chi connectivity index (χ1n) is 5.28. The van der Waals surface area contributed by atoms with E-state index in [9.17, 15) is 0 Å². The molecule has 1 aromatic heterocycles. The molecule has 1 aliphatic rings. The number of rotatable bonds is 3. The lowest BCUT2D eigenvalue weighted by atomic mass is 10.0.